The van der Waals surface area contributed by atoms with Crippen molar-refractivity contribution < 1.29 is 14.2 Å². The molecule has 0 fully saturated rings. The molecule has 176 valence electrons. The van der Waals surface area contributed by atoms with Crippen molar-refractivity contribution in [3.8, 4) is 22.8 Å². The van der Waals surface area contributed by atoms with Crippen LogP contribution in [0.5, 0.6) is 11.5 Å². The van der Waals surface area contributed by atoms with E-state index in [9.17, 15) is 9.59 Å². The van der Waals surface area contributed by atoms with Crippen LogP contribution < -0.4 is 20.7 Å². The van der Waals surface area contributed by atoms with E-state index in [1.807, 2.05) is 55.5 Å². The van der Waals surface area contributed by atoms with Crippen LogP contribution >= 0.6 is 0 Å². The second-order valence-electron chi connectivity index (χ2n) is 8.27. The van der Waals surface area contributed by atoms with Gasteiger partial charge in [0.1, 0.15) is 17.6 Å². The maximum absolute atomic E-state index is 13.5. The molecule has 34 heavy (non-hydrogen) atoms. The summed E-state index contributed by atoms with van der Waals surface area (Å²) >= 11 is 0. The molecule has 2 aromatic heterocycles. The summed E-state index contributed by atoms with van der Waals surface area (Å²) in [5, 5.41) is 0.495. The predicted octanol–water partition coefficient (Wildman–Crippen LogP) is 3.23. The van der Waals surface area contributed by atoms with E-state index < -0.39 is 6.10 Å². The van der Waals surface area contributed by atoms with Gasteiger partial charge in [-0.05, 0) is 42.8 Å². The van der Waals surface area contributed by atoms with Gasteiger partial charge in [0.05, 0.1) is 42.6 Å². The molecule has 0 bridgehead atoms. The van der Waals surface area contributed by atoms with E-state index in [1.54, 1.807) is 18.7 Å². The van der Waals surface area contributed by atoms with Gasteiger partial charge in [0.15, 0.2) is 0 Å². The van der Waals surface area contributed by atoms with Crippen LogP contribution in [0.1, 0.15) is 24.3 Å². The normalized spacial score (nSPS) is 15.4. The monoisotopic (exact) mass is 461 g/mol. The smallest absolute Gasteiger partial charge is 0.331 e. The fourth-order valence-electron chi connectivity index (χ4n) is 4.85. The molecule has 1 atom stereocenters. The van der Waals surface area contributed by atoms with E-state index in [4.69, 9.17) is 14.2 Å². The topological polar surface area (TPSA) is 76.6 Å². The molecule has 3 heterocycles. The lowest BCUT2D eigenvalue weighted by atomic mass is 10.0. The van der Waals surface area contributed by atoms with Gasteiger partial charge >= 0.3 is 5.69 Å². The van der Waals surface area contributed by atoms with E-state index in [1.165, 1.54) is 7.05 Å². The number of para-hydroxylation sites is 1. The molecule has 8 nitrogen and oxygen atoms in total. The van der Waals surface area contributed by atoms with Crippen LogP contribution in [0.2, 0.25) is 0 Å². The lowest BCUT2D eigenvalue weighted by Gasteiger charge is -2.28. The van der Waals surface area contributed by atoms with Crippen molar-refractivity contribution in [2.24, 2.45) is 14.1 Å². The number of rotatable bonds is 5. The molecule has 0 amide bonds. The first-order chi connectivity index (χ1) is 16.5. The van der Waals surface area contributed by atoms with Gasteiger partial charge in [-0.25, -0.2) is 4.79 Å². The zero-order chi connectivity index (χ0) is 24.0. The van der Waals surface area contributed by atoms with Crippen molar-refractivity contribution in [2.45, 2.75) is 19.6 Å². The Hall–Kier alpha value is -3.78. The summed E-state index contributed by atoms with van der Waals surface area (Å²) in [4.78, 5) is 26.5. The predicted molar refractivity (Wildman–Crippen MR) is 130 cm³/mol. The number of nitrogens with zero attached hydrogens (tertiary/aromatic N) is 3. The van der Waals surface area contributed by atoms with Crippen LogP contribution in [0.3, 0.4) is 0 Å². The third-order valence-corrected chi connectivity index (χ3v) is 6.42. The van der Waals surface area contributed by atoms with E-state index >= 15 is 0 Å². The van der Waals surface area contributed by atoms with Gasteiger partial charge in [-0.1, -0.05) is 18.2 Å². The number of benzene rings is 2. The lowest BCUT2D eigenvalue weighted by molar-refractivity contribution is 0.0461. The Bertz CT molecular complexity index is 1490. The summed E-state index contributed by atoms with van der Waals surface area (Å²) in [6.07, 6.45) is -0.497. The Morgan fingerprint density at radius 1 is 1.03 bits per heavy atom. The molecule has 0 saturated heterocycles. The second-order valence-corrected chi connectivity index (χ2v) is 8.27. The molecular formula is C26H27N3O5. The summed E-state index contributed by atoms with van der Waals surface area (Å²) in [7, 11) is 4.83. The molecule has 5 rings (SSSR count). The third-order valence-electron chi connectivity index (χ3n) is 6.42. The maximum Gasteiger partial charge on any atom is 0.331 e. The first-order valence-corrected chi connectivity index (χ1v) is 11.3. The van der Waals surface area contributed by atoms with Gasteiger partial charge in [0.25, 0.3) is 5.56 Å². The van der Waals surface area contributed by atoms with E-state index in [2.05, 4.69) is 4.57 Å². The van der Waals surface area contributed by atoms with Crippen molar-refractivity contribution in [3.63, 3.8) is 0 Å². The summed E-state index contributed by atoms with van der Waals surface area (Å²) in [6, 6.07) is 15.3. The molecule has 0 N–H and O–H groups in total. The molecule has 8 heteroatoms. The average molecular weight is 462 g/mol. The molecule has 1 aliphatic heterocycles. The first-order valence-electron chi connectivity index (χ1n) is 11.3. The Balaban J connectivity index is 1.89. The van der Waals surface area contributed by atoms with E-state index in [0.29, 0.717) is 30.7 Å². The van der Waals surface area contributed by atoms with Crippen molar-refractivity contribution >= 4 is 10.9 Å². The molecular weight excluding hydrogens is 434 g/mol. The Morgan fingerprint density at radius 2 is 1.76 bits per heavy atom. The van der Waals surface area contributed by atoms with Gasteiger partial charge in [-0.15, -0.1) is 0 Å². The highest BCUT2D eigenvalue weighted by atomic mass is 16.5. The van der Waals surface area contributed by atoms with Crippen LogP contribution in [0.25, 0.3) is 22.2 Å². The quantitative estimate of drug-likeness (QED) is 0.456. The largest absolute Gasteiger partial charge is 0.497 e. The molecule has 0 spiro atoms. The number of fused-ring (bicyclic) bond motifs is 3. The summed E-state index contributed by atoms with van der Waals surface area (Å²) in [5.74, 6) is 1.45. The molecule has 0 radical (unpaired) electrons. The fraction of sp³-hybridized carbons (Fsp3) is 0.308. The summed E-state index contributed by atoms with van der Waals surface area (Å²) in [6.45, 7) is 3.46. The number of methoxy groups -OCH3 is 1. The van der Waals surface area contributed by atoms with Gasteiger partial charge in [-0.3, -0.25) is 13.9 Å². The van der Waals surface area contributed by atoms with Crippen molar-refractivity contribution in [2.75, 3.05) is 20.3 Å². The van der Waals surface area contributed by atoms with Gasteiger partial charge in [-0.2, -0.15) is 0 Å². The number of hydrogen-bond donors (Lipinski definition) is 0. The van der Waals surface area contributed by atoms with Crippen LogP contribution in [0.15, 0.2) is 58.1 Å². The molecule has 0 aliphatic carbocycles. The molecule has 1 unspecified atom stereocenters. The SMILES string of the molecule is CCOc1ccccc1C1OCCn2c(-c3ccc(OC)cc3)c3c(=O)n(C)c(=O)n(C)c3c21. The Morgan fingerprint density at radius 3 is 2.47 bits per heavy atom. The summed E-state index contributed by atoms with van der Waals surface area (Å²) < 4.78 is 22.3. The number of ether oxygens (including phenoxy) is 3. The van der Waals surface area contributed by atoms with Gasteiger partial charge < -0.3 is 18.8 Å². The minimum atomic E-state index is -0.497. The highest BCUT2D eigenvalue weighted by Crippen LogP contribution is 2.42. The van der Waals surface area contributed by atoms with Crippen molar-refractivity contribution in [1.29, 1.82) is 0 Å². The Labute approximate surface area is 196 Å². The van der Waals surface area contributed by atoms with E-state index in [0.717, 1.165) is 38.6 Å². The van der Waals surface area contributed by atoms with Crippen LogP contribution in [-0.2, 0) is 25.4 Å². The van der Waals surface area contributed by atoms with Gasteiger partial charge in [0.2, 0.25) is 0 Å². The third kappa shape index (κ3) is 3.25. The zero-order valence-corrected chi connectivity index (χ0v) is 19.7. The number of aromatic nitrogens is 3. The van der Waals surface area contributed by atoms with Crippen molar-refractivity contribution in [1.82, 2.24) is 13.7 Å². The molecule has 0 saturated carbocycles. The second kappa shape index (κ2) is 8.53. The molecule has 4 aromatic rings. The van der Waals surface area contributed by atoms with Crippen LogP contribution in [0.4, 0.5) is 0 Å². The Kier molecular flexibility index (Phi) is 5.53. The number of aryl methyl sites for hydroxylation is 1. The lowest BCUT2D eigenvalue weighted by Crippen LogP contribution is -2.37. The zero-order valence-electron chi connectivity index (χ0n) is 19.7. The van der Waals surface area contributed by atoms with Crippen LogP contribution in [0, 0.1) is 0 Å². The van der Waals surface area contributed by atoms with Gasteiger partial charge in [0, 0.05) is 26.2 Å². The fourth-order valence-corrected chi connectivity index (χ4v) is 4.85. The molecule has 1 aliphatic rings. The summed E-state index contributed by atoms with van der Waals surface area (Å²) in [5.41, 5.74) is 3.14. The maximum atomic E-state index is 13.5. The standard InChI is InChI=1S/C26H27N3O5/c1-5-33-19-9-7-6-8-18(19)24-23-22-20(25(30)28(3)26(31)27(22)2)21(29(23)14-15-34-24)16-10-12-17(32-4)13-11-16/h6-13,24H,5,14-15H2,1-4H3. The first kappa shape index (κ1) is 22.0. The number of hydrogen-bond acceptors (Lipinski definition) is 5. The van der Waals surface area contributed by atoms with Crippen molar-refractivity contribution in [3.05, 3.63) is 80.6 Å². The average Bonchev–Trinajstić information content (AvgIpc) is 3.22. The van der Waals surface area contributed by atoms with E-state index in [-0.39, 0.29) is 11.2 Å². The minimum absolute atomic E-state index is 0.331. The minimum Gasteiger partial charge on any atom is -0.497 e. The van der Waals surface area contributed by atoms with Crippen LogP contribution in [-0.4, -0.2) is 34.0 Å². The molecule has 2 aromatic carbocycles. The highest BCUT2D eigenvalue weighted by molar-refractivity contribution is 5.96. The highest BCUT2D eigenvalue weighted by Gasteiger charge is 2.34.